The number of hydrogen-bond donors (Lipinski definition) is 2. The zero-order chi connectivity index (χ0) is 20.8. The molecule has 0 unspecified atom stereocenters. The molecule has 0 spiro atoms. The maximum Gasteiger partial charge on any atom is 0.225 e. The van der Waals surface area contributed by atoms with Gasteiger partial charge in [-0.1, -0.05) is 19.9 Å². The molecule has 7 heteroatoms. The number of aromatic nitrogens is 1. The van der Waals surface area contributed by atoms with E-state index in [1.807, 2.05) is 52.0 Å². The van der Waals surface area contributed by atoms with Gasteiger partial charge in [0.25, 0.3) is 0 Å². The molecule has 1 aromatic carbocycles. The lowest BCUT2D eigenvalue weighted by Crippen LogP contribution is -2.13. The summed E-state index contributed by atoms with van der Waals surface area (Å²) in [6, 6.07) is 9.97. The van der Waals surface area contributed by atoms with Crippen molar-refractivity contribution in [3.63, 3.8) is 0 Å². The molecule has 0 bridgehead atoms. The molecule has 2 rings (SSSR count). The van der Waals surface area contributed by atoms with Crippen LogP contribution in [-0.4, -0.2) is 16.6 Å². The van der Waals surface area contributed by atoms with Crippen molar-refractivity contribution in [3.05, 3.63) is 46.0 Å². The lowest BCUT2D eigenvalue weighted by Gasteiger charge is -2.15. The van der Waals surface area contributed by atoms with Crippen molar-refractivity contribution in [2.75, 3.05) is 16.8 Å². The molecule has 144 valence electrons. The minimum absolute atomic E-state index is 0.0398. The average Bonchev–Trinajstić information content (AvgIpc) is 2.64. The highest BCUT2D eigenvalue weighted by molar-refractivity contribution is 7.99. The van der Waals surface area contributed by atoms with Gasteiger partial charge in [0.05, 0.1) is 11.1 Å². The smallest absolute Gasteiger partial charge is 0.225 e. The Morgan fingerprint density at radius 2 is 1.89 bits per heavy atom. The number of amides is 1. The van der Waals surface area contributed by atoms with Crippen molar-refractivity contribution in [1.82, 2.24) is 4.98 Å². The van der Waals surface area contributed by atoms with Crippen LogP contribution in [0.5, 0.6) is 0 Å². The van der Waals surface area contributed by atoms with Crippen molar-refractivity contribution in [2.24, 2.45) is 0 Å². The van der Waals surface area contributed by atoms with Crippen LogP contribution in [0.3, 0.4) is 0 Å². The van der Waals surface area contributed by atoms with Gasteiger partial charge in [0.15, 0.2) is 0 Å². The molecule has 0 fully saturated rings. The Labute approximate surface area is 169 Å². The average molecular weight is 394 g/mol. The number of anilines is 2. The minimum atomic E-state index is -0.111. The Hall–Kier alpha value is -3.03. The molecular weight excluding hydrogens is 370 g/mol. The van der Waals surface area contributed by atoms with E-state index in [-0.39, 0.29) is 29.6 Å². The van der Waals surface area contributed by atoms with Gasteiger partial charge in [-0.3, -0.25) is 4.79 Å². The van der Waals surface area contributed by atoms with E-state index in [1.165, 1.54) is 17.3 Å². The monoisotopic (exact) mass is 393 g/mol. The first kappa shape index (κ1) is 21.3. The lowest BCUT2D eigenvalue weighted by atomic mass is 9.94. The molecule has 0 aliphatic rings. The first-order chi connectivity index (χ1) is 13.3. The van der Waals surface area contributed by atoms with Gasteiger partial charge in [0.1, 0.15) is 23.0 Å². The summed E-state index contributed by atoms with van der Waals surface area (Å²) in [6.45, 7) is 7.83. The number of aryl methyl sites for hydroxylation is 2. The van der Waals surface area contributed by atoms with E-state index in [1.54, 1.807) is 0 Å². The summed E-state index contributed by atoms with van der Waals surface area (Å²) >= 11 is 1.30. The lowest BCUT2D eigenvalue weighted by molar-refractivity contribution is -0.115. The number of nitriles is 2. The molecule has 1 aromatic heterocycles. The number of thioether (sulfide) groups is 1. The van der Waals surface area contributed by atoms with Gasteiger partial charge in [-0.2, -0.15) is 10.5 Å². The zero-order valence-corrected chi connectivity index (χ0v) is 17.3. The van der Waals surface area contributed by atoms with Gasteiger partial charge >= 0.3 is 0 Å². The highest BCUT2D eigenvalue weighted by Crippen LogP contribution is 2.33. The summed E-state index contributed by atoms with van der Waals surface area (Å²) in [5.41, 5.74) is 10.2. The summed E-state index contributed by atoms with van der Waals surface area (Å²) in [6.07, 6.45) is 0.265. The number of rotatable bonds is 6. The third-order valence-corrected chi connectivity index (χ3v) is 5.37. The van der Waals surface area contributed by atoms with Crippen LogP contribution in [0.25, 0.3) is 0 Å². The van der Waals surface area contributed by atoms with Crippen LogP contribution in [0.15, 0.2) is 23.2 Å². The molecule has 1 amide bonds. The molecule has 1 heterocycles. The van der Waals surface area contributed by atoms with E-state index in [9.17, 15) is 15.3 Å². The largest absolute Gasteiger partial charge is 0.383 e. The van der Waals surface area contributed by atoms with Crippen molar-refractivity contribution in [2.45, 2.75) is 45.1 Å². The first-order valence-corrected chi connectivity index (χ1v) is 9.90. The number of hydrogen-bond acceptors (Lipinski definition) is 6. The number of nitrogen functional groups attached to an aromatic ring is 1. The van der Waals surface area contributed by atoms with Crippen molar-refractivity contribution in [1.29, 1.82) is 10.5 Å². The molecule has 0 aliphatic heterocycles. The third-order valence-electron chi connectivity index (χ3n) is 4.39. The first-order valence-electron chi connectivity index (χ1n) is 8.91. The van der Waals surface area contributed by atoms with Gasteiger partial charge in [-0.25, -0.2) is 4.98 Å². The molecular formula is C21H23N5OS. The zero-order valence-electron chi connectivity index (χ0n) is 16.5. The van der Waals surface area contributed by atoms with Crippen molar-refractivity contribution >= 4 is 29.2 Å². The number of carbonyl (C=O) groups excluding carboxylic acids is 1. The predicted molar refractivity (Wildman–Crippen MR) is 112 cm³/mol. The van der Waals surface area contributed by atoms with Gasteiger partial charge in [0.2, 0.25) is 5.91 Å². The van der Waals surface area contributed by atoms with Crippen LogP contribution in [-0.2, 0) is 4.79 Å². The van der Waals surface area contributed by atoms with Gasteiger partial charge in [0, 0.05) is 17.9 Å². The second-order valence-corrected chi connectivity index (χ2v) is 7.87. The molecule has 6 nitrogen and oxygen atoms in total. The topological polar surface area (TPSA) is 116 Å². The van der Waals surface area contributed by atoms with E-state index >= 15 is 0 Å². The maximum absolute atomic E-state index is 12.2. The Morgan fingerprint density at radius 3 is 2.46 bits per heavy atom. The number of nitrogens with zero attached hydrogens (tertiary/aromatic N) is 3. The van der Waals surface area contributed by atoms with E-state index in [0.717, 1.165) is 11.3 Å². The second-order valence-electron chi connectivity index (χ2n) is 6.79. The van der Waals surface area contributed by atoms with Crippen LogP contribution < -0.4 is 11.1 Å². The van der Waals surface area contributed by atoms with Crippen LogP contribution >= 0.6 is 11.8 Å². The Bertz CT molecular complexity index is 986. The van der Waals surface area contributed by atoms with Crippen LogP contribution in [0, 0.1) is 36.5 Å². The van der Waals surface area contributed by atoms with Gasteiger partial charge in [-0.05, 0) is 48.6 Å². The number of benzene rings is 1. The second kappa shape index (κ2) is 9.25. The van der Waals surface area contributed by atoms with E-state index in [2.05, 4.69) is 16.4 Å². The third kappa shape index (κ3) is 4.82. The molecule has 0 saturated heterocycles. The maximum atomic E-state index is 12.2. The van der Waals surface area contributed by atoms with Crippen LogP contribution in [0.1, 0.15) is 54.0 Å². The fourth-order valence-corrected chi connectivity index (χ4v) is 3.73. The Kier molecular flexibility index (Phi) is 7.03. The minimum Gasteiger partial charge on any atom is -0.383 e. The fraction of sp³-hybridized carbons (Fsp3) is 0.333. The number of nitrogens with one attached hydrogen (secondary N) is 1. The highest BCUT2D eigenvalue weighted by atomic mass is 32.2. The fourth-order valence-electron chi connectivity index (χ4n) is 2.79. The molecule has 0 saturated carbocycles. The van der Waals surface area contributed by atoms with Gasteiger partial charge in [-0.15, -0.1) is 11.8 Å². The molecule has 28 heavy (non-hydrogen) atoms. The van der Waals surface area contributed by atoms with Crippen molar-refractivity contribution in [3.8, 4) is 12.1 Å². The highest BCUT2D eigenvalue weighted by Gasteiger charge is 2.21. The number of carbonyl (C=O) groups is 1. The normalized spacial score (nSPS) is 10.4. The number of pyridine rings is 1. The van der Waals surface area contributed by atoms with E-state index in [0.29, 0.717) is 21.9 Å². The quantitative estimate of drug-likeness (QED) is 0.708. The Morgan fingerprint density at radius 1 is 1.21 bits per heavy atom. The SMILES string of the molecule is Cc1ccc(NC(=O)CCSc2nc(N)c(C#N)c(C(C)C)c2C#N)cc1C. The van der Waals surface area contributed by atoms with Crippen LogP contribution in [0.2, 0.25) is 0 Å². The predicted octanol–water partition coefficient (Wildman–Crippen LogP) is 4.27. The van der Waals surface area contributed by atoms with E-state index in [4.69, 9.17) is 5.73 Å². The molecule has 3 N–H and O–H groups in total. The summed E-state index contributed by atoms with van der Waals surface area (Å²) < 4.78 is 0. The summed E-state index contributed by atoms with van der Waals surface area (Å²) in [7, 11) is 0. The van der Waals surface area contributed by atoms with Crippen LogP contribution in [0.4, 0.5) is 11.5 Å². The molecule has 2 aromatic rings. The molecule has 0 atom stereocenters. The number of nitrogens with two attached hydrogens (primary N) is 1. The van der Waals surface area contributed by atoms with Gasteiger partial charge < -0.3 is 11.1 Å². The molecule has 0 radical (unpaired) electrons. The van der Waals surface area contributed by atoms with Crippen molar-refractivity contribution < 1.29 is 4.79 Å². The standard InChI is InChI=1S/C21H23N5OS/c1-12(2)19-16(10-22)20(24)26-21(17(19)11-23)28-8-7-18(27)25-15-6-5-13(3)14(4)9-15/h5-6,9,12H,7-8H2,1-4H3,(H2,24,26)(H,25,27). The summed E-state index contributed by atoms with van der Waals surface area (Å²) in [4.78, 5) is 16.4. The summed E-state index contributed by atoms with van der Waals surface area (Å²) in [5, 5.41) is 22.3. The Balaban J connectivity index is 2.10. The summed E-state index contributed by atoms with van der Waals surface area (Å²) in [5.74, 6) is 0.413. The molecule has 0 aliphatic carbocycles. The van der Waals surface area contributed by atoms with E-state index < -0.39 is 0 Å².